The summed E-state index contributed by atoms with van der Waals surface area (Å²) in [6.07, 6.45) is 1.45. The monoisotopic (exact) mass is 294 g/mol. The fraction of sp³-hybridized carbons (Fsp3) is 0.308. The molecule has 6 nitrogen and oxygen atoms in total. The van der Waals surface area contributed by atoms with Crippen molar-refractivity contribution in [3.8, 4) is 0 Å². The van der Waals surface area contributed by atoms with E-state index in [1.54, 1.807) is 26.8 Å². The number of thiazole rings is 1. The van der Waals surface area contributed by atoms with Gasteiger partial charge in [0.25, 0.3) is 5.91 Å². The van der Waals surface area contributed by atoms with Crippen molar-refractivity contribution < 1.29 is 18.7 Å². The van der Waals surface area contributed by atoms with Gasteiger partial charge >= 0.3 is 5.97 Å². The summed E-state index contributed by atoms with van der Waals surface area (Å²) < 4.78 is 10.0. The lowest BCUT2D eigenvalue weighted by molar-refractivity contribution is 0.0531. The molecule has 1 amide bonds. The molecule has 0 radical (unpaired) electrons. The summed E-state index contributed by atoms with van der Waals surface area (Å²) in [5, 5.41) is 2.95. The van der Waals surface area contributed by atoms with E-state index in [2.05, 4.69) is 10.3 Å². The molecule has 0 aromatic carbocycles. The van der Waals surface area contributed by atoms with E-state index in [1.165, 1.54) is 6.26 Å². The van der Waals surface area contributed by atoms with Crippen molar-refractivity contribution in [3.05, 3.63) is 34.2 Å². The maximum absolute atomic E-state index is 12.0. The molecule has 7 heteroatoms. The normalized spacial score (nSPS) is 10.3. The van der Waals surface area contributed by atoms with Gasteiger partial charge in [0, 0.05) is 5.56 Å². The number of hydrogen-bond acceptors (Lipinski definition) is 6. The first kappa shape index (κ1) is 14.3. The minimum atomic E-state index is -0.433. The first-order valence-corrected chi connectivity index (χ1v) is 6.84. The molecule has 0 spiro atoms. The fourth-order valence-electron chi connectivity index (χ4n) is 1.60. The highest BCUT2D eigenvalue weighted by Crippen LogP contribution is 2.24. The van der Waals surface area contributed by atoms with Gasteiger partial charge in [-0.1, -0.05) is 11.3 Å². The van der Waals surface area contributed by atoms with E-state index < -0.39 is 11.9 Å². The number of hydrogen-bond donors (Lipinski definition) is 1. The van der Waals surface area contributed by atoms with Crippen molar-refractivity contribution in [3.63, 3.8) is 0 Å². The molecule has 1 N–H and O–H groups in total. The van der Waals surface area contributed by atoms with Crippen molar-refractivity contribution in [2.45, 2.75) is 20.8 Å². The van der Waals surface area contributed by atoms with Crippen LogP contribution in [-0.4, -0.2) is 23.5 Å². The van der Waals surface area contributed by atoms with Gasteiger partial charge in [-0.15, -0.1) is 0 Å². The molecule has 0 saturated carbocycles. The third-order valence-corrected chi connectivity index (χ3v) is 3.60. The van der Waals surface area contributed by atoms with Crippen LogP contribution in [0.3, 0.4) is 0 Å². The van der Waals surface area contributed by atoms with Gasteiger partial charge in [-0.25, -0.2) is 9.78 Å². The Labute approximate surface area is 119 Å². The zero-order chi connectivity index (χ0) is 14.7. The number of esters is 1. The molecule has 0 bridgehead atoms. The standard InChI is InChI=1S/C13H14N2O4S/c1-4-18-12(17)10-8(3)14-13(20-10)15-11(16)9-7(2)5-6-19-9/h5-6H,4H2,1-3H3,(H,14,15,16). The van der Waals surface area contributed by atoms with Gasteiger partial charge in [-0.3, -0.25) is 10.1 Å². The van der Waals surface area contributed by atoms with Crippen LogP contribution < -0.4 is 5.32 Å². The van der Waals surface area contributed by atoms with Crippen molar-refractivity contribution in [2.75, 3.05) is 11.9 Å². The molecule has 2 heterocycles. The molecule has 0 aliphatic rings. The summed E-state index contributed by atoms with van der Waals surface area (Å²) in [5.74, 6) is -0.593. The van der Waals surface area contributed by atoms with E-state index in [0.717, 1.165) is 16.9 Å². The Balaban J connectivity index is 2.15. The maximum atomic E-state index is 12.0. The molecule has 0 atom stereocenters. The van der Waals surface area contributed by atoms with Crippen LogP contribution in [0.25, 0.3) is 0 Å². The lowest BCUT2D eigenvalue weighted by atomic mass is 10.3. The lowest BCUT2D eigenvalue weighted by Crippen LogP contribution is -2.11. The van der Waals surface area contributed by atoms with Crippen LogP contribution in [0.1, 0.15) is 38.4 Å². The number of furan rings is 1. The molecular weight excluding hydrogens is 280 g/mol. The van der Waals surface area contributed by atoms with Gasteiger partial charge in [0.15, 0.2) is 10.9 Å². The van der Waals surface area contributed by atoms with E-state index in [4.69, 9.17) is 9.15 Å². The molecule has 106 valence electrons. The third-order valence-electron chi connectivity index (χ3n) is 2.55. The Morgan fingerprint density at radius 1 is 1.45 bits per heavy atom. The number of carbonyl (C=O) groups is 2. The second kappa shape index (κ2) is 5.87. The highest BCUT2D eigenvalue weighted by atomic mass is 32.1. The summed E-state index contributed by atoms with van der Waals surface area (Å²) in [6, 6.07) is 1.70. The molecule has 2 rings (SSSR count). The molecule has 0 aliphatic carbocycles. The summed E-state index contributed by atoms with van der Waals surface area (Å²) in [4.78, 5) is 28.1. The molecule has 0 unspecified atom stereocenters. The Hall–Kier alpha value is -2.15. The average Bonchev–Trinajstić information content (AvgIpc) is 2.96. The fourth-order valence-corrected chi connectivity index (χ4v) is 2.45. The molecule has 0 saturated heterocycles. The van der Waals surface area contributed by atoms with Gasteiger partial charge in [0.1, 0.15) is 4.88 Å². The number of rotatable bonds is 4. The molecule has 20 heavy (non-hydrogen) atoms. The first-order chi connectivity index (χ1) is 9.52. The lowest BCUT2D eigenvalue weighted by Gasteiger charge is -1.99. The number of anilines is 1. The van der Waals surface area contributed by atoms with Crippen molar-refractivity contribution in [2.24, 2.45) is 0 Å². The van der Waals surface area contributed by atoms with Crippen LogP contribution >= 0.6 is 11.3 Å². The summed E-state index contributed by atoms with van der Waals surface area (Å²) in [7, 11) is 0. The second-order valence-corrected chi connectivity index (χ2v) is 5.04. The number of nitrogens with zero attached hydrogens (tertiary/aromatic N) is 1. The molecular formula is C13H14N2O4S. The molecule has 2 aromatic heterocycles. The van der Waals surface area contributed by atoms with E-state index in [1.807, 2.05) is 0 Å². The average molecular weight is 294 g/mol. The van der Waals surface area contributed by atoms with E-state index in [0.29, 0.717) is 22.3 Å². The number of amides is 1. The van der Waals surface area contributed by atoms with E-state index in [-0.39, 0.29) is 5.76 Å². The van der Waals surface area contributed by atoms with Gasteiger partial charge < -0.3 is 9.15 Å². The summed E-state index contributed by atoms with van der Waals surface area (Å²) in [5.41, 5.74) is 1.27. The largest absolute Gasteiger partial charge is 0.462 e. The van der Waals surface area contributed by atoms with Crippen LogP contribution in [0, 0.1) is 13.8 Å². The van der Waals surface area contributed by atoms with Crippen LogP contribution in [0.5, 0.6) is 0 Å². The molecule has 0 aliphatic heterocycles. The number of ether oxygens (including phenoxy) is 1. The summed E-state index contributed by atoms with van der Waals surface area (Å²) in [6.45, 7) is 5.49. The molecule has 2 aromatic rings. The Morgan fingerprint density at radius 2 is 2.20 bits per heavy atom. The first-order valence-electron chi connectivity index (χ1n) is 6.03. The predicted octanol–water partition coefficient (Wildman–Crippen LogP) is 2.78. The van der Waals surface area contributed by atoms with Gasteiger partial charge in [-0.05, 0) is 26.8 Å². The van der Waals surface area contributed by atoms with Crippen molar-refractivity contribution in [1.82, 2.24) is 4.98 Å². The summed E-state index contributed by atoms with van der Waals surface area (Å²) >= 11 is 1.08. The Morgan fingerprint density at radius 3 is 2.80 bits per heavy atom. The highest BCUT2D eigenvalue weighted by Gasteiger charge is 2.19. The van der Waals surface area contributed by atoms with Crippen LogP contribution in [0.2, 0.25) is 0 Å². The molecule has 0 fully saturated rings. The van der Waals surface area contributed by atoms with E-state index >= 15 is 0 Å². The Kier molecular flexibility index (Phi) is 4.19. The minimum Gasteiger partial charge on any atom is -0.462 e. The smallest absolute Gasteiger partial charge is 0.350 e. The maximum Gasteiger partial charge on any atom is 0.350 e. The minimum absolute atomic E-state index is 0.232. The SMILES string of the molecule is CCOC(=O)c1sc(NC(=O)c2occc2C)nc1C. The zero-order valence-electron chi connectivity index (χ0n) is 11.4. The number of carbonyl (C=O) groups excluding carboxylic acids is 2. The highest BCUT2D eigenvalue weighted by molar-refractivity contribution is 7.17. The topological polar surface area (TPSA) is 81.4 Å². The number of nitrogens with one attached hydrogen (secondary N) is 1. The quantitative estimate of drug-likeness (QED) is 0.877. The number of aryl methyl sites for hydroxylation is 2. The number of aromatic nitrogens is 1. The van der Waals surface area contributed by atoms with Crippen LogP contribution in [0.15, 0.2) is 16.7 Å². The van der Waals surface area contributed by atoms with Crippen molar-refractivity contribution >= 4 is 28.3 Å². The zero-order valence-corrected chi connectivity index (χ0v) is 12.2. The predicted molar refractivity (Wildman–Crippen MR) is 74.2 cm³/mol. The van der Waals surface area contributed by atoms with Gasteiger partial charge in [0.05, 0.1) is 18.6 Å². The Bertz CT molecular complexity index is 645. The van der Waals surface area contributed by atoms with Crippen molar-refractivity contribution in [1.29, 1.82) is 0 Å². The van der Waals surface area contributed by atoms with Gasteiger partial charge in [0.2, 0.25) is 0 Å². The second-order valence-electron chi connectivity index (χ2n) is 4.04. The van der Waals surface area contributed by atoms with Gasteiger partial charge in [-0.2, -0.15) is 0 Å². The van der Waals surface area contributed by atoms with Crippen LogP contribution in [0.4, 0.5) is 5.13 Å². The van der Waals surface area contributed by atoms with E-state index in [9.17, 15) is 9.59 Å². The van der Waals surface area contributed by atoms with Crippen LogP contribution in [-0.2, 0) is 4.74 Å². The third kappa shape index (κ3) is 2.88.